The predicted octanol–water partition coefficient (Wildman–Crippen LogP) is 2.35. The maximum Gasteiger partial charge on any atom is 0.227 e. The van der Waals surface area contributed by atoms with E-state index in [-0.39, 0.29) is 5.91 Å². The fourth-order valence-electron chi connectivity index (χ4n) is 3.81. The summed E-state index contributed by atoms with van der Waals surface area (Å²) < 4.78 is 0. The topological polar surface area (TPSA) is 60.0 Å². The van der Waals surface area contributed by atoms with Gasteiger partial charge in [0.15, 0.2) is 5.96 Å². The first-order chi connectivity index (χ1) is 13.3. The molecule has 2 N–H and O–H groups in total. The van der Waals surface area contributed by atoms with Crippen molar-refractivity contribution < 1.29 is 4.79 Å². The number of anilines is 1. The minimum Gasteiger partial charge on any atom is -0.355 e. The molecular weight excluding hydrogens is 338 g/mol. The number of nitrogens with zero attached hydrogens (tertiary/aromatic N) is 3. The highest BCUT2D eigenvalue weighted by atomic mass is 16.2. The van der Waals surface area contributed by atoms with Crippen molar-refractivity contribution in [3.8, 4) is 0 Å². The number of rotatable bonds is 6. The zero-order valence-electron chi connectivity index (χ0n) is 16.5. The van der Waals surface area contributed by atoms with Crippen LogP contribution < -0.4 is 15.5 Å². The van der Waals surface area contributed by atoms with Crippen LogP contribution in [0.3, 0.4) is 0 Å². The molecule has 2 aliphatic heterocycles. The largest absolute Gasteiger partial charge is 0.355 e. The summed E-state index contributed by atoms with van der Waals surface area (Å²) in [5.41, 5.74) is 2.18. The Balaban J connectivity index is 1.40. The van der Waals surface area contributed by atoms with Crippen molar-refractivity contribution in [3.63, 3.8) is 0 Å². The predicted molar refractivity (Wildman–Crippen MR) is 111 cm³/mol. The van der Waals surface area contributed by atoms with Crippen molar-refractivity contribution in [1.82, 2.24) is 15.5 Å². The third-order valence-corrected chi connectivity index (χ3v) is 5.42. The van der Waals surface area contributed by atoms with Crippen molar-refractivity contribution >= 4 is 17.6 Å². The number of guanidine groups is 1. The first-order valence-electron chi connectivity index (χ1n) is 10.3. The van der Waals surface area contributed by atoms with Gasteiger partial charge in [0.2, 0.25) is 5.91 Å². The number of amides is 1. The number of carbonyl (C=O) groups is 1. The highest BCUT2D eigenvalue weighted by molar-refractivity contribution is 5.95. The molecule has 1 aromatic rings. The van der Waals surface area contributed by atoms with Crippen molar-refractivity contribution in [1.29, 1.82) is 0 Å². The summed E-state index contributed by atoms with van der Waals surface area (Å²) in [4.78, 5) is 20.6. The number of aliphatic imine (C=N–C) groups is 1. The van der Waals surface area contributed by atoms with E-state index in [9.17, 15) is 4.79 Å². The van der Waals surface area contributed by atoms with E-state index in [1.165, 1.54) is 44.3 Å². The van der Waals surface area contributed by atoms with Crippen LogP contribution in [-0.4, -0.2) is 56.5 Å². The molecule has 0 unspecified atom stereocenters. The van der Waals surface area contributed by atoms with Gasteiger partial charge < -0.3 is 20.4 Å². The number of benzene rings is 1. The summed E-state index contributed by atoms with van der Waals surface area (Å²) >= 11 is 0. The maximum absolute atomic E-state index is 11.8. The molecule has 1 amide bonds. The van der Waals surface area contributed by atoms with Crippen molar-refractivity contribution in [2.24, 2.45) is 4.99 Å². The smallest absolute Gasteiger partial charge is 0.227 e. The minimum atomic E-state index is 0.231. The first-order valence-corrected chi connectivity index (χ1v) is 10.3. The van der Waals surface area contributed by atoms with Crippen LogP contribution >= 0.6 is 0 Å². The Morgan fingerprint density at radius 3 is 2.37 bits per heavy atom. The fraction of sp³-hybridized carbons (Fsp3) is 0.619. The molecule has 0 aliphatic carbocycles. The zero-order valence-corrected chi connectivity index (χ0v) is 16.5. The third kappa shape index (κ3) is 5.96. The highest BCUT2D eigenvalue weighted by Gasteiger charge is 2.21. The molecule has 0 radical (unpaired) electrons. The van der Waals surface area contributed by atoms with Crippen molar-refractivity contribution in [2.45, 2.75) is 45.1 Å². The lowest BCUT2D eigenvalue weighted by Gasteiger charge is -2.20. The van der Waals surface area contributed by atoms with Gasteiger partial charge in [0.05, 0.1) is 0 Å². The van der Waals surface area contributed by atoms with Gasteiger partial charge in [0.1, 0.15) is 0 Å². The number of likely N-dealkylation sites (tertiary alicyclic amines) is 1. The second-order valence-corrected chi connectivity index (χ2v) is 7.42. The highest BCUT2D eigenvalue weighted by Crippen LogP contribution is 2.21. The van der Waals surface area contributed by atoms with E-state index in [2.05, 4.69) is 32.7 Å². The van der Waals surface area contributed by atoms with Crippen LogP contribution in [0.25, 0.3) is 0 Å². The molecule has 2 fully saturated rings. The summed E-state index contributed by atoms with van der Waals surface area (Å²) in [6.45, 7) is 5.98. The van der Waals surface area contributed by atoms with Crippen LogP contribution in [0.5, 0.6) is 0 Å². The molecule has 0 spiro atoms. The summed E-state index contributed by atoms with van der Waals surface area (Å²) in [5.74, 6) is 1.07. The molecule has 2 heterocycles. The Kier molecular flexibility index (Phi) is 7.51. The Labute approximate surface area is 163 Å². The molecule has 0 atom stereocenters. The molecule has 6 nitrogen and oxygen atoms in total. The molecule has 148 valence electrons. The van der Waals surface area contributed by atoms with E-state index in [1.807, 2.05) is 24.1 Å². The SMILES string of the molecule is CN=C(NCCN1CCCCCC1)NCc1ccc(N2CCCC2=O)cc1. The zero-order chi connectivity index (χ0) is 18.9. The Morgan fingerprint density at radius 1 is 1.00 bits per heavy atom. The van der Waals surface area contributed by atoms with Crippen LogP contribution in [0.15, 0.2) is 29.3 Å². The number of nitrogens with one attached hydrogen (secondary N) is 2. The van der Waals surface area contributed by atoms with Gasteiger partial charge in [-0.2, -0.15) is 0 Å². The maximum atomic E-state index is 11.8. The van der Waals surface area contributed by atoms with Gasteiger partial charge >= 0.3 is 0 Å². The lowest BCUT2D eigenvalue weighted by molar-refractivity contribution is -0.117. The lowest BCUT2D eigenvalue weighted by Crippen LogP contribution is -2.41. The quantitative estimate of drug-likeness (QED) is 0.595. The Morgan fingerprint density at radius 2 is 1.74 bits per heavy atom. The van der Waals surface area contributed by atoms with Gasteiger partial charge in [-0.15, -0.1) is 0 Å². The fourth-order valence-corrected chi connectivity index (χ4v) is 3.81. The Hall–Kier alpha value is -2.08. The van der Waals surface area contributed by atoms with E-state index in [4.69, 9.17) is 0 Å². The van der Waals surface area contributed by atoms with Crippen LogP contribution in [0.4, 0.5) is 5.69 Å². The standard InChI is InChI=1S/C21H33N5O/c1-22-21(23-12-16-25-13-4-2-3-5-14-25)24-17-18-8-10-19(11-9-18)26-15-6-7-20(26)27/h8-11H,2-7,12-17H2,1H3,(H2,22,23,24). The van der Waals surface area contributed by atoms with Crippen molar-refractivity contribution in [2.75, 3.05) is 44.7 Å². The number of hydrogen-bond donors (Lipinski definition) is 2. The lowest BCUT2D eigenvalue weighted by atomic mass is 10.2. The van der Waals surface area contributed by atoms with E-state index < -0.39 is 0 Å². The van der Waals surface area contributed by atoms with E-state index in [0.29, 0.717) is 6.42 Å². The molecular formula is C21H33N5O. The number of carbonyl (C=O) groups excluding carboxylic acids is 1. The van der Waals surface area contributed by atoms with Gasteiger partial charge in [-0.1, -0.05) is 25.0 Å². The van der Waals surface area contributed by atoms with Crippen LogP contribution in [0.2, 0.25) is 0 Å². The van der Waals surface area contributed by atoms with Gasteiger partial charge in [-0.05, 0) is 50.0 Å². The molecule has 2 aliphatic rings. The molecule has 1 aromatic carbocycles. The summed E-state index contributed by atoms with van der Waals surface area (Å²) in [7, 11) is 1.81. The average Bonchev–Trinajstić information content (AvgIpc) is 2.96. The van der Waals surface area contributed by atoms with Crippen LogP contribution in [0.1, 0.15) is 44.1 Å². The summed E-state index contributed by atoms with van der Waals surface area (Å²) in [6, 6.07) is 8.24. The third-order valence-electron chi connectivity index (χ3n) is 5.42. The summed E-state index contributed by atoms with van der Waals surface area (Å²) in [5, 5.41) is 6.79. The molecule has 0 aromatic heterocycles. The Bertz CT molecular complexity index is 620. The monoisotopic (exact) mass is 371 g/mol. The molecule has 0 saturated carbocycles. The molecule has 3 rings (SSSR count). The van der Waals surface area contributed by atoms with Crippen molar-refractivity contribution in [3.05, 3.63) is 29.8 Å². The van der Waals surface area contributed by atoms with Gasteiger partial charge in [-0.3, -0.25) is 9.79 Å². The normalized spacial score (nSPS) is 19.2. The second kappa shape index (κ2) is 10.3. The van der Waals surface area contributed by atoms with Gasteiger partial charge in [0.25, 0.3) is 0 Å². The summed E-state index contributed by atoms with van der Waals surface area (Å²) in [6.07, 6.45) is 7.03. The molecule has 0 bridgehead atoms. The van der Waals surface area contributed by atoms with E-state index >= 15 is 0 Å². The average molecular weight is 372 g/mol. The molecule has 6 heteroatoms. The molecule has 2 saturated heterocycles. The van der Waals surface area contributed by atoms with E-state index in [1.54, 1.807) is 0 Å². The van der Waals surface area contributed by atoms with E-state index in [0.717, 1.165) is 44.2 Å². The van der Waals surface area contributed by atoms with Gasteiger partial charge in [-0.25, -0.2) is 0 Å². The van der Waals surface area contributed by atoms with Gasteiger partial charge in [0, 0.05) is 45.3 Å². The minimum absolute atomic E-state index is 0.231. The number of hydrogen-bond acceptors (Lipinski definition) is 3. The molecule has 27 heavy (non-hydrogen) atoms. The second-order valence-electron chi connectivity index (χ2n) is 7.42. The van der Waals surface area contributed by atoms with Crippen LogP contribution in [0, 0.1) is 0 Å². The van der Waals surface area contributed by atoms with Crippen LogP contribution in [-0.2, 0) is 11.3 Å². The first kappa shape index (κ1) is 19.7.